The molecular weight excluding hydrogens is 410 g/mol. The SMILES string of the molecule is CC(C)CC(C(=O)NO)N1CCC(N)(c2ccc(OCC(=O)c3ccccc3)cc2)C1=O. The van der Waals surface area contributed by atoms with Crippen LogP contribution in [-0.4, -0.2) is 46.9 Å². The van der Waals surface area contributed by atoms with Crippen molar-refractivity contribution in [3.8, 4) is 5.75 Å². The Labute approximate surface area is 187 Å². The lowest BCUT2D eigenvalue weighted by Crippen LogP contribution is -2.52. The highest BCUT2D eigenvalue weighted by molar-refractivity contribution is 5.97. The van der Waals surface area contributed by atoms with E-state index in [2.05, 4.69) is 0 Å². The third-order valence-corrected chi connectivity index (χ3v) is 5.71. The molecule has 170 valence electrons. The minimum atomic E-state index is -1.27. The van der Waals surface area contributed by atoms with E-state index in [4.69, 9.17) is 15.7 Å². The maximum atomic E-state index is 13.2. The predicted octanol–water partition coefficient (Wildman–Crippen LogP) is 2.25. The first kappa shape index (κ1) is 23.4. The molecule has 2 amide bonds. The lowest BCUT2D eigenvalue weighted by Gasteiger charge is -2.30. The van der Waals surface area contributed by atoms with E-state index in [-0.39, 0.29) is 24.2 Å². The summed E-state index contributed by atoms with van der Waals surface area (Å²) in [5.74, 6) is -0.484. The Balaban J connectivity index is 1.69. The number of nitrogens with zero attached hydrogens (tertiary/aromatic N) is 1. The van der Waals surface area contributed by atoms with Gasteiger partial charge in [0.1, 0.15) is 17.3 Å². The van der Waals surface area contributed by atoms with Crippen molar-refractivity contribution < 1.29 is 24.3 Å². The van der Waals surface area contributed by atoms with Crippen LogP contribution in [-0.2, 0) is 15.1 Å². The molecule has 1 heterocycles. The minimum absolute atomic E-state index is 0.100. The summed E-state index contributed by atoms with van der Waals surface area (Å²) < 4.78 is 5.58. The molecular formula is C24H29N3O5. The molecule has 0 aliphatic carbocycles. The normalized spacial score (nSPS) is 19.2. The number of hydrogen-bond donors (Lipinski definition) is 3. The number of ketones is 1. The highest BCUT2D eigenvalue weighted by atomic mass is 16.5. The lowest BCUT2D eigenvalue weighted by atomic mass is 9.89. The van der Waals surface area contributed by atoms with E-state index in [1.165, 1.54) is 4.90 Å². The van der Waals surface area contributed by atoms with Crippen LogP contribution >= 0.6 is 0 Å². The lowest BCUT2D eigenvalue weighted by molar-refractivity contribution is -0.144. The summed E-state index contributed by atoms with van der Waals surface area (Å²) in [6, 6.07) is 14.8. The van der Waals surface area contributed by atoms with Crippen LogP contribution in [0.15, 0.2) is 54.6 Å². The highest BCUT2D eigenvalue weighted by Crippen LogP contribution is 2.34. The second kappa shape index (κ2) is 9.93. The molecule has 4 N–H and O–H groups in total. The number of likely N-dealkylation sites (tertiary alicyclic amines) is 1. The summed E-state index contributed by atoms with van der Waals surface area (Å²) in [5, 5.41) is 9.10. The van der Waals surface area contributed by atoms with Crippen molar-refractivity contribution in [3.05, 3.63) is 65.7 Å². The average molecular weight is 440 g/mol. The second-order valence-corrected chi connectivity index (χ2v) is 8.44. The highest BCUT2D eigenvalue weighted by Gasteiger charge is 2.48. The summed E-state index contributed by atoms with van der Waals surface area (Å²) in [5.41, 5.74) is 8.05. The first-order chi connectivity index (χ1) is 15.3. The largest absolute Gasteiger partial charge is 0.485 e. The van der Waals surface area contributed by atoms with Gasteiger partial charge in [-0.3, -0.25) is 19.6 Å². The third kappa shape index (κ3) is 4.98. The summed E-state index contributed by atoms with van der Waals surface area (Å²) in [6.07, 6.45) is 0.752. The van der Waals surface area contributed by atoms with E-state index in [0.29, 0.717) is 36.3 Å². The summed E-state index contributed by atoms with van der Waals surface area (Å²) >= 11 is 0. The van der Waals surface area contributed by atoms with Gasteiger partial charge in [-0.2, -0.15) is 0 Å². The van der Waals surface area contributed by atoms with Gasteiger partial charge in [0.2, 0.25) is 5.91 Å². The first-order valence-corrected chi connectivity index (χ1v) is 10.6. The van der Waals surface area contributed by atoms with Crippen molar-refractivity contribution in [1.29, 1.82) is 0 Å². The van der Waals surface area contributed by atoms with Crippen molar-refractivity contribution in [2.24, 2.45) is 11.7 Å². The number of amides is 2. The van der Waals surface area contributed by atoms with Crippen LogP contribution < -0.4 is 16.0 Å². The molecule has 0 bridgehead atoms. The molecule has 2 atom stereocenters. The van der Waals surface area contributed by atoms with Crippen LogP contribution in [0.4, 0.5) is 0 Å². The van der Waals surface area contributed by atoms with E-state index in [9.17, 15) is 14.4 Å². The molecule has 32 heavy (non-hydrogen) atoms. The van der Waals surface area contributed by atoms with E-state index in [0.717, 1.165) is 0 Å². The molecule has 0 saturated carbocycles. The summed E-state index contributed by atoms with van der Waals surface area (Å²) in [6.45, 7) is 4.09. The Kier molecular flexibility index (Phi) is 7.27. The van der Waals surface area contributed by atoms with Crippen molar-refractivity contribution in [2.45, 2.75) is 38.3 Å². The monoisotopic (exact) mass is 439 g/mol. The fourth-order valence-corrected chi connectivity index (χ4v) is 3.93. The molecule has 1 aliphatic heterocycles. The van der Waals surface area contributed by atoms with E-state index in [1.54, 1.807) is 54.0 Å². The van der Waals surface area contributed by atoms with Gasteiger partial charge in [0.25, 0.3) is 5.91 Å². The van der Waals surface area contributed by atoms with Crippen LogP contribution in [0.3, 0.4) is 0 Å². The Hall–Kier alpha value is -3.23. The van der Waals surface area contributed by atoms with Gasteiger partial charge >= 0.3 is 0 Å². The maximum Gasteiger partial charge on any atom is 0.266 e. The average Bonchev–Trinajstić information content (AvgIpc) is 3.11. The number of nitrogens with one attached hydrogen (secondary N) is 1. The molecule has 0 radical (unpaired) electrons. The van der Waals surface area contributed by atoms with E-state index >= 15 is 0 Å². The van der Waals surface area contributed by atoms with Gasteiger partial charge in [-0.25, -0.2) is 5.48 Å². The molecule has 3 rings (SSSR count). The van der Waals surface area contributed by atoms with Gasteiger partial charge in [-0.15, -0.1) is 0 Å². The van der Waals surface area contributed by atoms with Gasteiger partial charge in [0, 0.05) is 12.1 Å². The molecule has 1 saturated heterocycles. The van der Waals surface area contributed by atoms with Gasteiger partial charge in [0.15, 0.2) is 12.4 Å². The molecule has 8 heteroatoms. The second-order valence-electron chi connectivity index (χ2n) is 8.44. The van der Waals surface area contributed by atoms with Crippen LogP contribution in [0.1, 0.15) is 42.6 Å². The fourth-order valence-electron chi connectivity index (χ4n) is 3.93. The molecule has 8 nitrogen and oxygen atoms in total. The van der Waals surface area contributed by atoms with Gasteiger partial charge in [0.05, 0.1) is 0 Å². The number of carbonyl (C=O) groups excluding carboxylic acids is 3. The van der Waals surface area contributed by atoms with E-state index in [1.807, 2.05) is 19.9 Å². The van der Waals surface area contributed by atoms with Crippen molar-refractivity contribution in [1.82, 2.24) is 10.4 Å². The number of nitrogens with two attached hydrogens (primary N) is 1. The molecule has 0 aromatic heterocycles. The number of benzene rings is 2. The Bertz CT molecular complexity index is 961. The van der Waals surface area contributed by atoms with E-state index < -0.39 is 17.5 Å². The Morgan fingerprint density at radius 1 is 1.16 bits per heavy atom. The number of Topliss-reactive ketones (excluding diaryl/α,β-unsaturated/α-hetero) is 1. The number of hydrogen-bond acceptors (Lipinski definition) is 6. The van der Waals surface area contributed by atoms with Crippen LogP contribution in [0, 0.1) is 5.92 Å². The van der Waals surface area contributed by atoms with Gasteiger partial charge < -0.3 is 15.4 Å². The number of rotatable bonds is 9. The molecule has 0 spiro atoms. The number of carbonyl (C=O) groups is 3. The Morgan fingerprint density at radius 2 is 1.81 bits per heavy atom. The summed E-state index contributed by atoms with van der Waals surface area (Å²) in [7, 11) is 0. The predicted molar refractivity (Wildman–Crippen MR) is 118 cm³/mol. The summed E-state index contributed by atoms with van der Waals surface area (Å²) in [4.78, 5) is 39.0. The van der Waals surface area contributed by atoms with Gasteiger partial charge in [-0.1, -0.05) is 56.3 Å². The first-order valence-electron chi connectivity index (χ1n) is 10.6. The van der Waals surface area contributed by atoms with Crippen LogP contribution in [0.2, 0.25) is 0 Å². The molecule has 2 aromatic carbocycles. The minimum Gasteiger partial charge on any atom is -0.485 e. The number of hydroxylamine groups is 1. The van der Waals surface area contributed by atoms with Gasteiger partial charge in [-0.05, 0) is 36.5 Å². The van der Waals surface area contributed by atoms with Crippen molar-refractivity contribution in [2.75, 3.05) is 13.2 Å². The zero-order valence-electron chi connectivity index (χ0n) is 18.3. The third-order valence-electron chi connectivity index (χ3n) is 5.71. The topological polar surface area (TPSA) is 122 Å². The molecule has 1 fully saturated rings. The van der Waals surface area contributed by atoms with Crippen LogP contribution in [0.5, 0.6) is 5.75 Å². The quantitative estimate of drug-likeness (QED) is 0.313. The zero-order chi connectivity index (χ0) is 23.3. The maximum absolute atomic E-state index is 13.2. The molecule has 2 unspecified atom stereocenters. The number of ether oxygens (including phenoxy) is 1. The van der Waals surface area contributed by atoms with Crippen molar-refractivity contribution >= 4 is 17.6 Å². The van der Waals surface area contributed by atoms with Crippen LogP contribution in [0.25, 0.3) is 0 Å². The standard InChI is InChI=1S/C24H29N3O5/c1-16(2)14-20(22(29)26-31)27-13-12-24(25,23(27)30)18-8-10-19(11-9-18)32-15-21(28)17-6-4-3-5-7-17/h3-11,16,20,31H,12-15,25H2,1-2H3,(H,26,29). The smallest absolute Gasteiger partial charge is 0.266 e. The Morgan fingerprint density at radius 3 is 2.41 bits per heavy atom. The fraction of sp³-hybridized carbons (Fsp3) is 0.375. The molecule has 1 aliphatic rings. The molecule has 2 aromatic rings. The zero-order valence-corrected chi connectivity index (χ0v) is 18.3. The van der Waals surface area contributed by atoms with Crippen molar-refractivity contribution in [3.63, 3.8) is 0 Å².